The van der Waals surface area contributed by atoms with Gasteiger partial charge in [0.25, 0.3) is 0 Å². The SMILES string of the molecule is CCOC(=O)c1nnsc1Nc1ccccc1/N=C/c1ccc(OC)cc1. The quantitative estimate of drug-likeness (QED) is 0.486. The number of aromatic nitrogens is 2. The van der Waals surface area contributed by atoms with E-state index >= 15 is 0 Å². The van der Waals surface area contributed by atoms with Crippen molar-refractivity contribution in [2.24, 2.45) is 4.99 Å². The third-order valence-electron chi connectivity index (χ3n) is 3.58. The highest BCUT2D eigenvalue weighted by Gasteiger charge is 2.18. The molecule has 1 N–H and O–H groups in total. The molecule has 0 atom stereocenters. The number of hydrogen-bond acceptors (Lipinski definition) is 8. The Bertz CT molecular complexity index is 938. The van der Waals surface area contributed by atoms with Gasteiger partial charge in [0, 0.05) is 17.7 Å². The summed E-state index contributed by atoms with van der Waals surface area (Å²) in [5.74, 6) is 0.284. The van der Waals surface area contributed by atoms with E-state index < -0.39 is 5.97 Å². The fourth-order valence-corrected chi connectivity index (χ4v) is 2.82. The maximum Gasteiger partial charge on any atom is 0.362 e. The van der Waals surface area contributed by atoms with Crippen molar-refractivity contribution in [3.8, 4) is 5.75 Å². The second-order valence-electron chi connectivity index (χ2n) is 5.34. The van der Waals surface area contributed by atoms with E-state index in [1.54, 1.807) is 20.2 Å². The molecule has 2 aromatic carbocycles. The maximum atomic E-state index is 12.0. The van der Waals surface area contributed by atoms with Crippen molar-refractivity contribution in [3.63, 3.8) is 0 Å². The molecule has 0 spiro atoms. The van der Waals surface area contributed by atoms with Gasteiger partial charge in [0.2, 0.25) is 5.69 Å². The molecule has 0 aliphatic rings. The highest BCUT2D eigenvalue weighted by atomic mass is 32.1. The Balaban J connectivity index is 1.81. The highest BCUT2D eigenvalue weighted by Crippen LogP contribution is 2.30. The van der Waals surface area contributed by atoms with Gasteiger partial charge in [-0.2, -0.15) is 0 Å². The molecule has 7 nitrogen and oxygen atoms in total. The van der Waals surface area contributed by atoms with Crippen LogP contribution in [-0.2, 0) is 4.74 Å². The van der Waals surface area contributed by atoms with Gasteiger partial charge in [-0.15, -0.1) is 5.10 Å². The highest BCUT2D eigenvalue weighted by molar-refractivity contribution is 7.10. The van der Waals surface area contributed by atoms with E-state index in [1.807, 2.05) is 48.5 Å². The average molecular weight is 382 g/mol. The predicted octanol–water partition coefficient (Wildman–Crippen LogP) is 4.22. The van der Waals surface area contributed by atoms with E-state index in [1.165, 1.54) is 0 Å². The minimum Gasteiger partial charge on any atom is -0.497 e. The number of rotatable bonds is 7. The molecular weight excluding hydrogens is 364 g/mol. The molecule has 0 saturated carbocycles. The Morgan fingerprint density at radius 3 is 2.74 bits per heavy atom. The number of esters is 1. The fraction of sp³-hybridized carbons (Fsp3) is 0.158. The summed E-state index contributed by atoms with van der Waals surface area (Å²) in [6, 6.07) is 15.1. The van der Waals surface area contributed by atoms with Crippen LogP contribution < -0.4 is 10.1 Å². The number of nitrogens with zero attached hydrogens (tertiary/aromatic N) is 3. The van der Waals surface area contributed by atoms with Gasteiger partial charge in [-0.05, 0) is 48.9 Å². The zero-order valence-electron chi connectivity index (χ0n) is 14.9. The fourth-order valence-electron chi connectivity index (χ4n) is 2.25. The number of benzene rings is 2. The molecule has 0 amide bonds. The minimum absolute atomic E-state index is 0.163. The van der Waals surface area contributed by atoms with Crippen molar-refractivity contribution in [1.29, 1.82) is 0 Å². The lowest BCUT2D eigenvalue weighted by atomic mass is 10.2. The van der Waals surface area contributed by atoms with Crippen LogP contribution in [0.15, 0.2) is 53.5 Å². The number of ether oxygens (including phenoxy) is 2. The molecule has 1 aromatic heterocycles. The smallest absolute Gasteiger partial charge is 0.362 e. The number of anilines is 2. The monoisotopic (exact) mass is 382 g/mol. The van der Waals surface area contributed by atoms with E-state index in [2.05, 4.69) is 19.9 Å². The summed E-state index contributed by atoms with van der Waals surface area (Å²) in [6.45, 7) is 2.02. The standard InChI is InChI=1S/C19H18N4O3S/c1-3-26-19(24)17-18(27-23-22-17)21-16-7-5-4-6-15(16)20-12-13-8-10-14(25-2)11-9-13/h4-12,21H,3H2,1-2H3/b20-12+. The predicted molar refractivity (Wildman–Crippen MR) is 106 cm³/mol. The molecule has 3 rings (SSSR count). The van der Waals surface area contributed by atoms with Crippen molar-refractivity contribution >= 4 is 40.1 Å². The summed E-state index contributed by atoms with van der Waals surface area (Å²) < 4.78 is 14.0. The zero-order valence-corrected chi connectivity index (χ0v) is 15.7. The van der Waals surface area contributed by atoms with Crippen LogP contribution >= 0.6 is 11.5 Å². The number of aliphatic imine (C=N–C) groups is 1. The Morgan fingerprint density at radius 1 is 1.22 bits per heavy atom. The van der Waals surface area contributed by atoms with Crippen molar-refractivity contribution in [2.75, 3.05) is 19.0 Å². The molecule has 0 aliphatic heterocycles. The molecule has 27 heavy (non-hydrogen) atoms. The topological polar surface area (TPSA) is 85.7 Å². The molecule has 0 saturated heterocycles. The molecule has 138 valence electrons. The van der Waals surface area contributed by atoms with E-state index in [9.17, 15) is 4.79 Å². The van der Waals surface area contributed by atoms with Crippen LogP contribution in [0.2, 0.25) is 0 Å². The van der Waals surface area contributed by atoms with Crippen molar-refractivity contribution in [1.82, 2.24) is 9.59 Å². The molecule has 0 bridgehead atoms. The number of nitrogens with one attached hydrogen (secondary N) is 1. The molecule has 3 aromatic rings. The molecule has 1 heterocycles. The Hall–Kier alpha value is -3.26. The van der Waals surface area contributed by atoms with Crippen molar-refractivity contribution < 1.29 is 14.3 Å². The van der Waals surface area contributed by atoms with Crippen LogP contribution in [0.25, 0.3) is 0 Å². The third kappa shape index (κ3) is 4.68. The van der Waals surface area contributed by atoms with E-state index in [0.717, 1.165) is 34.2 Å². The van der Waals surface area contributed by atoms with Crippen LogP contribution in [0.3, 0.4) is 0 Å². The lowest BCUT2D eigenvalue weighted by molar-refractivity contribution is 0.0520. The number of para-hydroxylation sites is 2. The first-order chi connectivity index (χ1) is 13.2. The molecule has 0 fully saturated rings. The number of methoxy groups -OCH3 is 1. The molecule has 0 aliphatic carbocycles. The lowest BCUT2D eigenvalue weighted by Crippen LogP contribution is -2.07. The number of hydrogen-bond donors (Lipinski definition) is 1. The van der Waals surface area contributed by atoms with Gasteiger partial charge in [-0.1, -0.05) is 16.6 Å². The van der Waals surface area contributed by atoms with Crippen LogP contribution in [0.5, 0.6) is 5.75 Å². The summed E-state index contributed by atoms with van der Waals surface area (Å²) in [4.78, 5) is 16.5. The van der Waals surface area contributed by atoms with Gasteiger partial charge in [0.15, 0.2) is 0 Å². The van der Waals surface area contributed by atoms with Crippen LogP contribution in [-0.4, -0.2) is 35.5 Å². The van der Waals surface area contributed by atoms with Crippen molar-refractivity contribution in [3.05, 3.63) is 59.8 Å². The Morgan fingerprint density at radius 2 is 2.00 bits per heavy atom. The maximum absolute atomic E-state index is 12.0. The molecular formula is C19H18N4O3S. The van der Waals surface area contributed by atoms with Crippen LogP contribution in [0.4, 0.5) is 16.4 Å². The van der Waals surface area contributed by atoms with Crippen molar-refractivity contribution in [2.45, 2.75) is 6.92 Å². The summed E-state index contributed by atoms with van der Waals surface area (Å²) in [6.07, 6.45) is 1.76. The van der Waals surface area contributed by atoms with E-state index in [-0.39, 0.29) is 12.3 Å². The number of carbonyl (C=O) groups excluding carboxylic acids is 1. The minimum atomic E-state index is -0.507. The van der Waals surface area contributed by atoms with E-state index in [0.29, 0.717) is 5.00 Å². The van der Waals surface area contributed by atoms with Gasteiger partial charge in [-0.25, -0.2) is 4.79 Å². The summed E-state index contributed by atoms with van der Waals surface area (Å²) in [7, 11) is 1.63. The summed E-state index contributed by atoms with van der Waals surface area (Å²) in [5.41, 5.74) is 2.56. The van der Waals surface area contributed by atoms with Gasteiger partial charge >= 0.3 is 5.97 Å². The molecule has 8 heteroatoms. The summed E-state index contributed by atoms with van der Waals surface area (Å²) in [5, 5.41) is 7.54. The lowest BCUT2D eigenvalue weighted by Gasteiger charge is -2.08. The normalized spacial score (nSPS) is 10.7. The first-order valence-electron chi connectivity index (χ1n) is 8.25. The largest absolute Gasteiger partial charge is 0.497 e. The average Bonchev–Trinajstić information content (AvgIpc) is 3.16. The Labute approximate surface area is 160 Å². The van der Waals surface area contributed by atoms with Crippen LogP contribution in [0, 0.1) is 0 Å². The van der Waals surface area contributed by atoms with Gasteiger partial charge in [0.1, 0.15) is 10.8 Å². The summed E-state index contributed by atoms with van der Waals surface area (Å²) >= 11 is 1.09. The van der Waals surface area contributed by atoms with E-state index in [4.69, 9.17) is 9.47 Å². The second-order valence-corrected chi connectivity index (χ2v) is 6.10. The van der Waals surface area contributed by atoms with Gasteiger partial charge < -0.3 is 14.8 Å². The second kappa shape index (κ2) is 8.91. The zero-order chi connectivity index (χ0) is 19.1. The van der Waals surface area contributed by atoms with Gasteiger partial charge in [-0.3, -0.25) is 4.99 Å². The van der Waals surface area contributed by atoms with Gasteiger partial charge in [0.05, 0.1) is 25.1 Å². The molecule has 0 radical (unpaired) electrons. The third-order valence-corrected chi connectivity index (χ3v) is 4.22. The Kier molecular flexibility index (Phi) is 6.11. The first kappa shape index (κ1) is 18.5. The van der Waals surface area contributed by atoms with Crippen LogP contribution in [0.1, 0.15) is 23.0 Å². The number of carbonyl (C=O) groups is 1. The molecule has 0 unspecified atom stereocenters. The first-order valence-corrected chi connectivity index (χ1v) is 9.02.